The Labute approximate surface area is 102 Å². The largest absolute Gasteiger partial charge is 0.465 e. The summed E-state index contributed by atoms with van der Waals surface area (Å²) in [6, 6.07) is 0. The van der Waals surface area contributed by atoms with Crippen molar-refractivity contribution >= 4 is 23.5 Å². The molecule has 0 aliphatic rings. The first kappa shape index (κ1) is 15.5. The van der Waals surface area contributed by atoms with Crippen LogP contribution < -0.4 is 0 Å². The number of carbonyl (C=O) groups excluding carboxylic acids is 2. The number of thioether (sulfide) groups is 1. The van der Waals surface area contributed by atoms with Gasteiger partial charge in [0.1, 0.15) is 5.92 Å². The van der Waals surface area contributed by atoms with Crippen LogP contribution in [0.1, 0.15) is 34.1 Å². The van der Waals surface area contributed by atoms with Crippen LogP contribution in [-0.4, -0.2) is 29.9 Å². The van der Waals surface area contributed by atoms with Gasteiger partial charge in [-0.15, -0.1) is 0 Å². The van der Waals surface area contributed by atoms with Gasteiger partial charge in [0.25, 0.3) is 0 Å². The molecule has 0 radical (unpaired) electrons. The maximum Gasteiger partial charge on any atom is 0.316 e. The molecule has 0 heterocycles. The molecule has 1 atom stereocenters. The summed E-state index contributed by atoms with van der Waals surface area (Å²) in [4.78, 5) is 23.5. The van der Waals surface area contributed by atoms with E-state index in [0.717, 1.165) is 12.2 Å². The van der Waals surface area contributed by atoms with Crippen LogP contribution in [0.15, 0.2) is 0 Å². The van der Waals surface area contributed by atoms with Gasteiger partial charge in [-0.25, -0.2) is 0 Å². The molecular weight excluding hydrogens is 224 g/mol. The predicted octanol–water partition coefficient (Wildman–Crippen LogP) is 2.53. The highest BCUT2D eigenvalue weighted by Crippen LogP contribution is 2.17. The smallest absolute Gasteiger partial charge is 0.316 e. The van der Waals surface area contributed by atoms with Gasteiger partial charge in [0, 0.05) is 0 Å². The molecule has 0 spiro atoms. The first-order valence-corrected chi connectivity index (χ1v) is 6.97. The van der Waals surface area contributed by atoms with Crippen LogP contribution in [0.5, 0.6) is 0 Å². The van der Waals surface area contributed by atoms with E-state index >= 15 is 0 Å². The SMILES string of the molecule is CCCSCC(=O)C(C(=O)OCC)C(C)C. The Morgan fingerprint density at radius 3 is 2.31 bits per heavy atom. The van der Waals surface area contributed by atoms with Crippen LogP contribution in [-0.2, 0) is 14.3 Å². The lowest BCUT2D eigenvalue weighted by Crippen LogP contribution is -2.32. The molecule has 0 aromatic carbocycles. The molecule has 0 N–H and O–H groups in total. The van der Waals surface area contributed by atoms with Crippen LogP contribution in [0.4, 0.5) is 0 Å². The van der Waals surface area contributed by atoms with E-state index < -0.39 is 5.92 Å². The topological polar surface area (TPSA) is 43.4 Å². The van der Waals surface area contributed by atoms with Crippen molar-refractivity contribution in [3.05, 3.63) is 0 Å². The Kier molecular flexibility index (Phi) is 8.35. The number of hydrogen-bond donors (Lipinski definition) is 0. The molecule has 1 unspecified atom stereocenters. The number of rotatable bonds is 8. The molecule has 0 saturated heterocycles. The zero-order valence-corrected chi connectivity index (χ0v) is 11.4. The Bertz CT molecular complexity index is 226. The van der Waals surface area contributed by atoms with Crippen molar-refractivity contribution in [2.45, 2.75) is 34.1 Å². The average Bonchev–Trinajstić information content (AvgIpc) is 2.18. The molecule has 4 heteroatoms. The van der Waals surface area contributed by atoms with Gasteiger partial charge < -0.3 is 4.74 Å². The Balaban J connectivity index is 4.30. The molecule has 94 valence electrons. The minimum Gasteiger partial charge on any atom is -0.465 e. The third-order valence-corrected chi connectivity index (χ3v) is 3.33. The highest BCUT2D eigenvalue weighted by Gasteiger charge is 2.30. The second kappa shape index (κ2) is 8.62. The molecule has 0 fully saturated rings. The van der Waals surface area contributed by atoms with Gasteiger partial charge in [0.05, 0.1) is 12.4 Å². The van der Waals surface area contributed by atoms with Crippen molar-refractivity contribution in [2.24, 2.45) is 11.8 Å². The summed E-state index contributed by atoms with van der Waals surface area (Å²) in [5, 5.41) is 0. The molecule has 0 aliphatic carbocycles. The summed E-state index contributed by atoms with van der Waals surface area (Å²) in [5.41, 5.74) is 0. The number of hydrogen-bond acceptors (Lipinski definition) is 4. The van der Waals surface area contributed by atoms with Crippen molar-refractivity contribution in [1.82, 2.24) is 0 Å². The monoisotopic (exact) mass is 246 g/mol. The van der Waals surface area contributed by atoms with E-state index in [-0.39, 0.29) is 17.7 Å². The quantitative estimate of drug-likeness (QED) is 0.375. The molecule has 0 aliphatic heterocycles. The van der Waals surface area contributed by atoms with Crippen LogP contribution in [0.3, 0.4) is 0 Å². The molecule has 0 aromatic heterocycles. The third kappa shape index (κ3) is 5.54. The summed E-state index contributed by atoms with van der Waals surface area (Å²) in [7, 11) is 0. The van der Waals surface area contributed by atoms with Crippen molar-refractivity contribution in [3.8, 4) is 0 Å². The highest BCUT2D eigenvalue weighted by atomic mass is 32.2. The van der Waals surface area contributed by atoms with Crippen molar-refractivity contribution < 1.29 is 14.3 Å². The predicted molar refractivity (Wildman–Crippen MR) is 67.6 cm³/mol. The zero-order chi connectivity index (χ0) is 12.6. The molecule has 0 saturated carbocycles. The van der Waals surface area contributed by atoms with E-state index in [0.29, 0.717) is 12.4 Å². The second-order valence-electron chi connectivity index (χ2n) is 3.99. The Hall–Kier alpha value is -0.510. The van der Waals surface area contributed by atoms with Crippen molar-refractivity contribution in [1.29, 1.82) is 0 Å². The van der Waals surface area contributed by atoms with Gasteiger partial charge in [-0.05, 0) is 25.0 Å². The lowest BCUT2D eigenvalue weighted by atomic mass is 9.92. The van der Waals surface area contributed by atoms with E-state index in [4.69, 9.17) is 4.74 Å². The normalized spacial score (nSPS) is 12.6. The van der Waals surface area contributed by atoms with Gasteiger partial charge in [-0.3, -0.25) is 9.59 Å². The van der Waals surface area contributed by atoms with E-state index in [1.807, 2.05) is 13.8 Å². The number of carbonyl (C=O) groups is 2. The maximum absolute atomic E-state index is 11.9. The number of esters is 1. The summed E-state index contributed by atoms with van der Waals surface area (Å²) in [5.74, 6) is 0.402. The number of ketones is 1. The molecule has 3 nitrogen and oxygen atoms in total. The summed E-state index contributed by atoms with van der Waals surface area (Å²) in [6.45, 7) is 7.92. The fourth-order valence-corrected chi connectivity index (χ4v) is 2.23. The van der Waals surface area contributed by atoms with Gasteiger partial charge in [-0.2, -0.15) is 11.8 Å². The van der Waals surface area contributed by atoms with Crippen LogP contribution in [0, 0.1) is 11.8 Å². The van der Waals surface area contributed by atoms with Crippen molar-refractivity contribution in [2.75, 3.05) is 18.1 Å². The van der Waals surface area contributed by atoms with E-state index in [2.05, 4.69) is 6.92 Å². The standard InChI is InChI=1S/C12H22O3S/c1-5-7-16-8-10(13)11(9(3)4)12(14)15-6-2/h9,11H,5-8H2,1-4H3. The highest BCUT2D eigenvalue weighted by molar-refractivity contribution is 7.99. The fraction of sp³-hybridized carbons (Fsp3) is 0.833. The van der Waals surface area contributed by atoms with Crippen LogP contribution in [0.2, 0.25) is 0 Å². The minimum atomic E-state index is -0.593. The van der Waals surface area contributed by atoms with Gasteiger partial charge in [0.15, 0.2) is 5.78 Å². The number of Topliss-reactive ketones (excluding diaryl/α,β-unsaturated/α-hetero) is 1. The molecule has 16 heavy (non-hydrogen) atoms. The van der Waals surface area contributed by atoms with Crippen LogP contribution >= 0.6 is 11.8 Å². The zero-order valence-electron chi connectivity index (χ0n) is 10.6. The van der Waals surface area contributed by atoms with E-state index in [9.17, 15) is 9.59 Å². The lowest BCUT2D eigenvalue weighted by Gasteiger charge is -2.17. The van der Waals surface area contributed by atoms with Crippen LogP contribution in [0.25, 0.3) is 0 Å². The second-order valence-corrected chi connectivity index (χ2v) is 5.10. The van der Waals surface area contributed by atoms with Crippen molar-refractivity contribution in [3.63, 3.8) is 0 Å². The number of ether oxygens (including phenoxy) is 1. The average molecular weight is 246 g/mol. The van der Waals surface area contributed by atoms with E-state index in [1.54, 1.807) is 18.7 Å². The van der Waals surface area contributed by atoms with Gasteiger partial charge >= 0.3 is 5.97 Å². The van der Waals surface area contributed by atoms with E-state index in [1.165, 1.54) is 0 Å². The molecule has 0 rings (SSSR count). The molecule has 0 amide bonds. The summed E-state index contributed by atoms with van der Waals surface area (Å²) < 4.78 is 4.92. The molecule has 0 aromatic rings. The minimum absolute atomic E-state index is 0.00750. The lowest BCUT2D eigenvalue weighted by molar-refractivity contribution is -0.152. The molecule has 0 bridgehead atoms. The van der Waals surface area contributed by atoms with Gasteiger partial charge in [0.2, 0.25) is 0 Å². The third-order valence-electron chi connectivity index (χ3n) is 2.15. The maximum atomic E-state index is 11.9. The summed E-state index contributed by atoms with van der Waals surface area (Å²) >= 11 is 1.59. The summed E-state index contributed by atoms with van der Waals surface area (Å²) in [6.07, 6.45) is 1.05. The Morgan fingerprint density at radius 1 is 1.25 bits per heavy atom. The fourth-order valence-electron chi connectivity index (χ4n) is 1.41. The Morgan fingerprint density at radius 2 is 1.88 bits per heavy atom. The van der Waals surface area contributed by atoms with Gasteiger partial charge in [-0.1, -0.05) is 20.8 Å². The molecular formula is C12H22O3S. The first-order chi connectivity index (χ1) is 7.54. The first-order valence-electron chi connectivity index (χ1n) is 5.81.